The molecule has 3 aromatic rings. The summed E-state index contributed by atoms with van der Waals surface area (Å²) in [6.07, 6.45) is 5.17. The quantitative estimate of drug-likeness (QED) is 0.456. The molecule has 0 unspecified atom stereocenters. The molecule has 0 saturated carbocycles. The fourth-order valence-corrected chi connectivity index (χ4v) is 4.57. The van der Waals surface area contributed by atoms with Gasteiger partial charge in [-0.25, -0.2) is 9.50 Å². The van der Waals surface area contributed by atoms with Crippen LogP contribution in [0.1, 0.15) is 54.9 Å². The predicted molar refractivity (Wildman–Crippen MR) is 133 cm³/mol. The molecule has 0 spiro atoms. The Balaban J connectivity index is 1.55. The van der Waals surface area contributed by atoms with Crippen molar-refractivity contribution in [2.75, 3.05) is 39.4 Å². The van der Waals surface area contributed by atoms with Gasteiger partial charge in [0.1, 0.15) is 0 Å². The van der Waals surface area contributed by atoms with E-state index in [4.69, 9.17) is 14.6 Å². The second-order valence-electron chi connectivity index (χ2n) is 8.64. The van der Waals surface area contributed by atoms with Crippen LogP contribution in [0, 0.1) is 13.8 Å². The van der Waals surface area contributed by atoms with Crippen LogP contribution in [0.15, 0.2) is 24.4 Å². The van der Waals surface area contributed by atoms with Gasteiger partial charge in [-0.15, -0.1) is 0 Å². The van der Waals surface area contributed by atoms with E-state index in [-0.39, 0.29) is 5.91 Å². The number of benzene rings is 1. The van der Waals surface area contributed by atoms with E-state index in [0.29, 0.717) is 36.7 Å². The zero-order chi connectivity index (χ0) is 24.1. The number of likely N-dealkylation sites (tertiary alicyclic amines) is 1. The van der Waals surface area contributed by atoms with Crippen LogP contribution in [0.2, 0.25) is 0 Å². The lowest BCUT2D eigenvalue weighted by atomic mass is 10.1. The average Bonchev–Trinajstić information content (AvgIpc) is 3.46. The molecule has 1 aromatic carbocycles. The smallest absolute Gasteiger partial charge is 0.254 e. The van der Waals surface area contributed by atoms with Gasteiger partial charge in [-0.1, -0.05) is 6.07 Å². The molecule has 3 heterocycles. The number of nitrogens with zero attached hydrogens (tertiary/aromatic N) is 4. The Kier molecular flexibility index (Phi) is 7.67. The molecule has 1 aliphatic heterocycles. The summed E-state index contributed by atoms with van der Waals surface area (Å²) in [7, 11) is 0. The lowest BCUT2D eigenvalue weighted by Crippen LogP contribution is -2.29. The van der Waals surface area contributed by atoms with Crippen LogP contribution in [0.25, 0.3) is 16.8 Å². The van der Waals surface area contributed by atoms with Crippen LogP contribution in [0.3, 0.4) is 0 Å². The maximum Gasteiger partial charge on any atom is 0.254 e. The van der Waals surface area contributed by atoms with Crippen LogP contribution in [-0.4, -0.2) is 64.8 Å². The minimum absolute atomic E-state index is 0.109. The second-order valence-corrected chi connectivity index (χ2v) is 8.64. The van der Waals surface area contributed by atoms with E-state index in [2.05, 4.69) is 15.2 Å². The first-order chi connectivity index (χ1) is 16.5. The van der Waals surface area contributed by atoms with Gasteiger partial charge in [0.2, 0.25) is 0 Å². The second kappa shape index (κ2) is 10.9. The molecule has 2 aromatic heterocycles. The van der Waals surface area contributed by atoms with Crippen molar-refractivity contribution in [3.05, 3.63) is 41.3 Å². The number of aromatic nitrogens is 3. The zero-order valence-electron chi connectivity index (χ0n) is 20.7. The first-order valence-electron chi connectivity index (χ1n) is 12.3. The molecule has 182 valence electrons. The maximum absolute atomic E-state index is 12.8. The number of ether oxygens (including phenoxy) is 2. The van der Waals surface area contributed by atoms with Gasteiger partial charge in [0, 0.05) is 18.3 Å². The number of nitrogens with one attached hydrogen (secondary N) is 1. The molecule has 0 aliphatic carbocycles. The summed E-state index contributed by atoms with van der Waals surface area (Å²) in [5.74, 6) is 1.31. The number of hydrogen-bond donors (Lipinski definition) is 1. The lowest BCUT2D eigenvalue weighted by Gasteiger charge is -2.14. The molecular formula is C26H35N5O3. The summed E-state index contributed by atoms with van der Waals surface area (Å²) in [5, 5.41) is 7.75. The van der Waals surface area contributed by atoms with E-state index in [9.17, 15) is 4.79 Å². The van der Waals surface area contributed by atoms with Crippen molar-refractivity contribution in [1.82, 2.24) is 24.8 Å². The number of hydrogen-bond acceptors (Lipinski definition) is 6. The number of aryl methyl sites for hydroxylation is 2. The Morgan fingerprint density at radius 2 is 1.82 bits per heavy atom. The Hall–Kier alpha value is -3.13. The van der Waals surface area contributed by atoms with Crippen molar-refractivity contribution < 1.29 is 14.3 Å². The van der Waals surface area contributed by atoms with Crippen LogP contribution in [0.5, 0.6) is 11.5 Å². The standard InChI is InChI=1S/C26H35N5O3/c1-5-33-22-11-10-20(16-23(22)34-6-2)24-18(3)29-31-19(4)21(17-28-25(24)31)26(32)27-12-9-15-30-13-7-8-14-30/h10-11,16-17H,5-9,12-15H2,1-4H3,(H,27,32). The van der Waals surface area contributed by atoms with Gasteiger partial charge >= 0.3 is 0 Å². The normalized spacial score (nSPS) is 14.0. The summed E-state index contributed by atoms with van der Waals surface area (Å²) < 4.78 is 13.3. The topological polar surface area (TPSA) is 81.0 Å². The molecule has 0 atom stereocenters. The monoisotopic (exact) mass is 465 g/mol. The SMILES string of the molecule is CCOc1ccc(-c2c(C)nn3c(C)c(C(=O)NCCCN4CCCC4)cnc23)cc1OCC. The van der Waals surface area contributed by atoms with Crippen LogP contribution in [-0.2, 0) is 0 Å². The van der Waals surface area contributed by atoms with Gasteiger partial charge in [0.05, 0.1) is 30.2 Å². The summed E-state index contributed by atoms with van der Waals surface area (Å²) in [5.41, 5.74) is 4.74. The third-order valence-corrected chi connectivity index (χ3v) is 6.27. The third kappa shape index (κ3) is 5.01. The fourth-order valence-electron chi connectivity index (χ4n) is 4.57. The number of carbonyl (C=O) groups is 1. The molecule has 34 heavy (non-hydrogen) atoms. The van der Waals surface area contributed by atoms with Crippen molar-refractivity contribution >= 4 is 11.6 Å². The Morgan fingerprint density at radius 3 is 2.56 bits per heavy atom. The zero-order valence-corrected chi connectivity index (χ0v) is 20.7. The molecule has 1 amide bonds. The van der Waals surface area contributed by atoms with Crippen molar-refractivity contribution in [1.29, 1.82) is 0 Å². The van der Waals surface area contributed by atoms with Gasteiger partial charge in [-0.05, 0) is 84.3 Å². The Labute approximate surface area is 201 Å². The predicted octanol–water partition coefficient (Wildman–Crippen LogP) is 4.03. The highest BCUT2D eigenvalue weighted by Gasteiger charge is 2.20. The molecular weight excluding hydrogens is 430 g/mol. The molecule has 0 radical (unpaired) electrons. The Bertz CT molecular complexity index is 1150. The Morgan fingerprint density at radius 1 is 1.09 bits per heavy atom. The number of fused-ring (bicyclic) bond motifs is 1. The van der Waals surface area contributed by atoms with Crippen LogP contribution >= 0.6 is 0 Å². The van der Waals surface area contributed by atoms with Gasteiger partial charge in [-0.3, -0.25) is 4.79 Å². The molecule has 8 heteroatoms. The summed E-state index contributed by atoms with van der Waals surface area (Å²) in [4.78, 5) is 19.9. The highest BCUT2D eigenvalue weighted by molar-refractivity contribution is 5.95. The minimum atomic E-state index is -0.109. The third-order valence-electron chi connectivity index (χ3n) is 6.27. The largest absolute Gasteiger partial charge is 0.490 e. The molecule has 8 nitrogen and oxygen atoms in total. The molecule has 4 rings (SSSR count). The number of carbonyl (C=O) groups excluding carboxylic acids is 1. The van der Waals surface area contributed by atoms with E-state index in [1.54, 1.807) is 10.7 Å². The number of rotatable bonds is 10. The van der Waals surface area contributed by atoms with E-state index >= 15 is 0 Å². The summed E-state index contributed by atoms with van der Waals surface area (Å²) in [6.45, 7) is 12.9. The minimum Gasteiger partial charge on any atom is -0.490 e. The molecule has 0 bridgehead atoms. The van der Waals surface area contributed by atoms with Crippen molar-refractivity contribution in [3.63, 3.8) is 0 Å². The highest BCUT2D eigenvalue weighted by atomic mass is 16.5. The van der Waals surface area contributed by atoms with Crippen molar-refractivity contribution in [2.24, 2.45) is 0 Å². The molecule has 1 saturated heterocycles. The van der Waals surface area contributed by atoms with Gasteiger partial charge in [0.15, 0.2) is 17.1 Å². The van der Waals surface area contributed by atoms with Crippen LogP contribution < -0.4 is 14.8 Å². The first-order valence-corrected chi connectivity index (χ1v) is 12.3. The van der Waals surface area contributed by atoms with E-state index in [1.807, 2.05) is 45.9 Å². The molecule has 1 fully saturated rings. The van der Waals surface area contributed by atoms with Crippen molar-refractivity contribution in [3.8, 4) is 22.6 Å². The maximum atomic E-state index is 12.8. The summed E-state index contributed by atoms with van der Waals surface area (Å²) >= 11 is 0. The van der Waals surface area contributed by atoms with E-state index in [1.165, 1.54) is 25.9 Å². The van der Waals surface area contributed by atoms with Crippen molar-refractivity contribution in [2.45, 2.75) is 47.0 Å². The van der Waals surface area contributed by atoms with Gasteiger partial charge in [0.25, 0.3) is 5.91 Å². The molecule has 1 N–H and O–H groups in total. The van der Waals surface area contributed by atoms with E-state index < -0.39 is 0 Å². The van der Waals surface area contributed by atoms with Crippen LogP contribution in [0.4, 0.5) is 0 Å². The average molecular weight is 466 g/mol. The fraction of sp³-hybridized carbons (Fsp3) is 0.500. The van der Waals surface area contributed by atoms with E-state index in [0.717, 1.165) is 41.2 Å². The van der Waals surface area contributed by atoms with Gasteiger partial charge in [-0.2, -0.15) is 5.10 Å². The number of amides is 1. The molecule has 1 aliphatic rings. The summed E-state index contributed by atoms with van der Waals surface area (Å²) in [6, 6.07) is 5.88. The highest BCUT2D eigenvalue weighted by Crippen LogP contribution is 2.36. The lowest BCUT2D eigenvalue weighted by molar-refractivity contribution is 0.0950. The first kappa shape index (κ1) is 24.0. The van der Waals surface area contributed by atoms with Gasteiger partial charge < -0.3 is 19.7 Å².